The van der Waals surface area contributed by atoms with E-state index in [1.54, 1.807) is 12.1 Å². The molecule has 18 heteroatoms. The van der Waals surface area contributed by atoms with Crippen LogP contribution in [0.5, 0.6) is 5.75 Å². The third-order valence-electron chi connectivity index (χ3n) is 10.5. The van der Waals surface area contributed by atoms with E-state index in [0.29, 0.717) is 62.7 Å². The predicted molar refractivity (Wildman–Crippen MR) is 201 cm³/mol. The summed E-state index contributed by atoms with van der Waals surface area (Å²) in [5.41, 5.74) is 0.102. The number of amides is 5. The largest absolute Gasteiger partial charge is 0.491 e. The molecule has 1 saturated carbocycles. The van der Waals surface area contributed by atoms with Crippen molar-refractivity contribution in [3.05, 3.63) is 88.7 Å². The fourth-order valence-corrected chi connectivity index (χ4v) is 7.56. The van der Waals surface area contributed by atoms with E-state index in [1.807, 2.05) is 4.57 Å². The van der Waals surface area contributed by atoms with Gasteiger partial charge in [-0.2, -0.15) is 13.2 Å². The van der Waals surface area contributed by atoms with Crippen LogP contribution in [0.15, 0.2) is 60.7 Å². The average Bonchev–Trinajstić information content (AvgIpc) is 3.68. The van der Waals surface area contributed by atoms with Gasteiger partial charge in [-0.15, -0.1) is 0 Å². The van der Waals surface area contributed by atoms with Gasteiger partial charge in [0.15, 0.2) is 0 Å². The standard InChI is InChI=1S/C41H41F4N5O9/c42-27-6-11-33-32(21-27)46-40(48-36(52)25-2-1-3-26(20-25)41(43,44)45)49(33)28-7-4-24(5-8-28)23-58-17-16-56-14-15-57-18-19-59-29-9-10-30-31(22-29)39(55)50(38(30)54)34-12-13-35(51)47-37(34)53/h1-3,6,9-11,20-22,24,28,34H,4-5,7-8,12-19,23H2,(H,46,48,52)(H,47,51,53). The lowest BCUT2D eigenvalue weighted by Crippen LogP contribution is -2.54. The van der Waals surface area contributed by atoms with E-state index >= 15 is 0 Å². The van der Waals surface area contributed by atoms with Crippen LogP contribution in [0.25, 0.3) is 11.0 Å². The number of hydrogen-bond acceptors (Lipinski definition) is 10. The normalized spacial score (nSPS) is 19.6. The summed E-state index contributed by atoms with van der Waals surface area (Å²) in [5, 5.41) is 4.82. The third-order valence-corrected chi connectivity index (χ3v) is 10.5. The van der Waals surface area contributed by atoms with Crippen molar-refractivity contribution in [2.75, 3.05) is 51.6 Å². The summed E-state index contributed by atoms with van der Waals surface area (Å²) in [6.07, 6.45) is -1.45. The number of nitrogens with zero attached hydrogens (tertiary/aromatic N) is 3. The molecule has 1 saturated heterocycles. The Morgan fingerprint density at radius 2 is 1.53 bits per heavy atom. The van der Waals surface area contributed by atoms with E-state index in [0.717, 1.165) is 29.9 Å². The Morgan fingerprint density at radius 3 is 2.25 bits per heavy atom. The van der Waals surface area contributed by atoms with E-state index in [9.17, 15) is 41.5 Å². The maximum atomic E-state index is 14.1. The summed E-state index contributed by atoms with van der Waals surface area (Å²) < 4.78 is 78.5. The van der Waals surface area contributed by atoms with Gasteiger partial charge < -0.3 is 23.5 Å². The number of ether oxygens (including phenoxy) is 4. The maximum Gasteiger partial charge on any atom is 0.416 e. The first-order valence-corrected chi connectivity index (χ1v) is 19.2. The molecule has 3 aliphatic rings. The van der Waals surface area contributed by atoms with Crippen LogP contribution in [0.1, 0.15) is 81.2 Å². The second kappa shape index (κ2) is 18.0. The number of nitrogens with one attached hydrogen (secondary N) is 2. The number of benzene rings is 3. The number of hydrogen-bond donors (Lipinski definition) is 2. The highest BCUT2D eigenvalue weighted by molar-refractivity contribution is 6.23. The molecule has 1 atom stereocenters. The number of anilines is 1. The Morgan fingerprint density at radius 1 is 0.814 bits per heavy atom. The molecule has 0 bridgehead atoms. The van der Waals surface area contributed by atoms with Crippen molar-refractivity contribution in [2.24, 2.45) is 5.92 Å². The molecule has 2 fully saturated rings. The first-order valence-electron chi connectivity index (χ1n) is 19.2. The number of imidazole rings is 1. The van der Waals surface area contributed by atoms with E-state index in [-0.39, 0.29) is 60.7 Å². The van der Waals surface area contributed by atoms with Crippen molar-refractivity contribution in [1.82, 2.24) is 19.8 Å². The van der Waals surface area contributed by atoms with Crippen LogP contribution in [-0.4, -0.2) is 96.3 Å². The molecule has 0 radical (unpaired) electrons. The van der Waals surface area contributed by atoms with Gasteiger partial charge in [-0.3, -0.25) is 39.5 Å². The smallest absolute Gasteiger partial charge is 0.416 e. The Bertz CT molecular complexity index is 2240. The van der Waals surface area contributed by atoms with Crippen LogP contribution in [0, 0.1) is 11.7 Å². The minimum atomic E-state index is -4.61. The van der Waals surface area contributed by atoms with Crippen molar-refractivity contribution in [3.8, 4) is 5.75 Å². The second-order valence-corrected chi connectivity index (χ2v) is 14.4. The molecular formula is C41H41F4N5O9. The van der Waals surface area contributed by atoms with Crippen LogP contribution in [0.2, 0.25) is 0 Å². The van der Waals surface area contributed by atoms with Crippen LogP contribution in [-0.2, 0) is 30.0 Å². The number of imide groups is 2. The Hall–Kier alpha value is -5.72. The van der Waals surface area contributed by atoms with Crippen LogP contribution >= 0.6 is 0 Å². The van der Waals surface area contributed by atoms with E-state index in [1.165, 1.54) is 36.4 Å². The first-order chi connectivity index (χ1) is 28.4. The van der Waals surface area contributed by atoms with Gasteiger partial charge in [-0.25, -0.2) is 9.37 Å². The number of carbonyl (C=O) groups excluding carboxylic acids is 5. The minimum absolute atomic E-state index is 0.0370. The molecular weight excluding hydrogens is 782 g/mol. The molecule has 1 aliphatic carbocycles. The average molecular weight is 824 g/mol. The molecule has 0 spiro atoms. The molecule has 5 amide bonds. The van der Waals surface area contributed by atoms with Crippen LogP contribution < -0.4 is 15.4 Å². The predicted octanol–water partition coefficient (Wildman–Crippen LogP) is 5.71. The third kappa shape index (κ3) is 9.61. The summed E-state index contributed by atoms with van der Waals surface area (Å²) in [6.45, 7) is 2.32. The van der Waals surface area contributed by atoms with Gasteiger partial charge in [-0.1, -0.05) is 6.07 Å². The number of halogens is 4. The van der Waals surface area contributed by atoms with Crippen LogP contribution in [0.4, 0.5) is 23.5 Å². The number of alkyl halides is 3. The SMILES string of the molecule is O=C1CCC(N2C(=O)c3ccc(OCCOCCOCCOCC4CCC(n5c(NC(=O)c6cccc(C(F)(F)F)c6)nc6cc(F)ccc65)CC4)cc3C2=O)C(=O)N1. The molecule has 3 heterocycles. The molecule has 312 valence electrons. The van der Waals surface area contributed by atoms with Gasteiger partial charge in [0, 0.05) is 30.7 Å². The van der Waals surface area contributed by atoms with Crippen molar-refractivity contribution < 1.29 is 60.5 Å². The zero-order valence-electron chi connectivity index (χ0n) is 31.7. The molecule has 7 rings (SSSR count). The van der Waals surface area contributed by atoms with Crippen molar-refractivity contribution in [3.63, 3.8) is 0 Å². The van der Waals surface area contributed by atoms with Crippen LogP contribution in [0.3, 0.4) is 0 Å². The molecule has 3 aromatic carbocycles. The summed E-state index contributed by atoms with van der Waals surface area (Å²) in [5.74, 6) is -2.81. The molecule has 59 heavy (non-hydrogen) atoms. The quantitative estimate of drug-likeness (QED) is 0.0812. The van der Waals surface area contributed by atoms with Gasteiger partial charge in [0.2, 0.25) is 17.8 Å². The van der Waals surface area contributed by atoms with E-state index < -0.39 is 53.1 Å². The summed E-state index contributed by atoms with van der Waals surface area (Å²) in [6, 6.07) is 11.6. The molecule has 2 aliphatic heterocycles. The highest BCUT2D eigenvalue weighted by Gasteiger charge is 2.44. The Kier molecular flexibility index (Phi) is 12.7. The fourth-order valence-electron chi connectivity index (χ4n) is 7.56. The van der Waals surface area contributed by atoms with Crippen molar-refractivity contribution in [2.45, 2.75) is 56.8 Å². The molecule has 4 aromatic rings. The number of carbonyl (C=O) groups is 5. The number of piperidine rings is 1. The van der Waals surface area contributed by atoms with E-state index in [4.69, 9.17) is 18.9 Å². The highest BCUT2D eigenvalue weighted by Crippen LogP contribution is 2.38. The minimum Gasteiger partial charge on any atom is -0.491 e. The van der Waals surface area contributed by atoms with E-state index in [2.05, 4.69) is 15.6 Å². The lowest BCUT2D eigenvalue weighted by atomic mass is 9.86. The van der Waals surface area contributed by atoms with Gasteiger partial charge in [0.1, 0.15) is 24.2 Å². The lowest BCUT2D eigenvalue weighted by Gasteiger charge is -2.30. The topological polar surface area (TPSA) is 167 Å². The summed E-state index contributed by atoms with van der Waals surface area (Å²) in [4.78, 5) is 68.0. The first kappa shape index (κ1) is 41.4. The molecule has 1 aromatic heterocycles. The molecule has 14 nitrogen and oxygen atoms in total. The number of rotatable bonds is 16. The molecule has 1 unspecified atom stereocenters. The summed E-state index contributed by atoms with van der Waals surface area (Å²) >= 11 is 0. The maximum absolute atomic E-state index is 14.1. The Labute approximate surface area is 335 Å². The van der Waals surface area contributed by atoms with Gasteiger partial charge in [-0.05, 0) is 86.6 Å². The fraction of sp³-hybridized carbons (Fsp3) is 0.415. The Balaban J connectivity index is 0.784. The van der Waals surface area contributed by atoms with Gasteiger partial charge in [0.25, 0.3) is 17.7 Å². The van der Waals surface area contributed by atoms with Crippen molar-refractivity contribution in [1.29, 1.82) is 0 Å². The highest BCUT2D eigenvalue weighted by atomic mass is 19.4. The van der Waals surface area contributed by atoms with Gasteiger partial charge in [0.05, 0.1) is 60.8 Å². The van der Waals surface area contributed by atoms with Gasteiger partial charge >= 0.3 is 6.18 Å². The summed E-state index contributed by atoms with van der Waals surface area (Å²) in [7, 11) is 0. The van der Waals surface area contributed by atoms with Crippen molar-refractivity contribution >= 4 is 46.5 Å². The number of aromatic nitrogens is 2. The lowest BCUT2D eigenvalue weighted by molar-refractivity contribution is -0.138. The zero-order chi connectivity index (χ0) is 41.7. The number of fused-ring (bicyclic) bond motifs is 2. The molecule has 2 N–H and O–H groups in total. The second-order valence-electron chi connectivity index (χ2n) is 14.4. The monoisotopic (exact) mass is 823 g/mol. The zero-order valence-corrected chi connectivity index (χ0v) is 31.7.